The first-order chi connectivity index (χ1) is 10.1. The number of aromatic nitrogens is 2. The summed E-state index contributed by atoms with van der Waals surface area (Å²) in [6, 6.07) is 7.38. The van der Waals surface area contributed by atoms with Crippen molar-refractivity contribution in [3.8, 4) is 0 Å². The van der Waals surface area contributed by atoms with Crippen LogP contribution in [0.3, 0.4) is 0 Å². The van der Waals surface area contributed by atoms with E-state index in [0.29, 0.717) is 12.1 Å². The number of hydrogen-bond donors (Lipinski definition) is 0. The van der Waals surface area contributed by atoms with Crippen LogP contribution >= 0.6 is 0 Å². The maximum absolute atomic E-state index is 13.9. The SMILES string of the molecule is CCOC(=O)/C(F)=C(\C)c1ccc(Cn2ccnc2)cc1. The molecule has 0 spiro atoms. The molecule has 0 aliphatic carbocycles. The number of nitrogens with zero attached hydrogens (tertiary/aromatic N) is 2. The third kappa shape index (κ3) is 3.78. The molecule has 110 valence electrons. The summed E-state index contributed by atoms with van der Waals surface area (Å²) in [5.41, 5.74) is 2.01. The number of carbonyl (C=O) groups is 1. The van der Waals surface area contributed by atoms with E-state index >= 15 is 0 Å². The van der Waals surface area contributed by atoms with Gasteiger partial charge in [0, 0.05) is 18.9 Å². The van der Waals surface area contributed by atoms with Gasteiger partial charge in [-0.15, -0.1) is 0 Å². The molecule has 0 radical (unpaired) electrons. The lowest BCUT2D eigenvalue weighted by atomic mass is 10.0. The van der Waals surface area contributed by atoms with E-state index < -0.39 is 11.8 Å². The molecule has 21 heavy (non-hydrogen) atoms. The molecule has 0 aliphatic rings. The van der Waals surface area contributed by atoms with E-state index in [1.54, 1.807) is 38.5 Å². The minimum absolute atomic E-state index is 0.156. The highest BCUT2D eigenvalue weighted by atomic mass is 19.1. The van der Waals surface area contributed by atoms with Gasteiger partial charge in [-0.25, -0.2) is 9.78 Å². The van der Waals surface area contributed by atoms with E-state index in [4.69, 9.17) is 0 Å². The fourth-order valence-corrected chi connectivity index (χ4v) is 1.93. The van der Waals surface area contributed by atoms with Gasteiger partial charge < -0.3 is 9.30 Å². The quantitative estimate of drug-likeness (QED) is 0.627. The van der Waals surface area contributed by atoms with Crippen LogP contribution in [0.15, 0.2) is 48.8 Å². The predicted molar refractivity (Wildman–Crippen MR) is 78.1 cm³/mol. The van der Waals surface area contributed by atoms with E-state index in [9.17, 15) is 9.18 Å². The molecule has 1 aromatic heterocycles. The van der Waals surface area contributed by atoms with Crippen molar-refractivity contribution in [3.63, 3.8) is 0 Å². The average molecular weight is 288 g/mol. The van der Waals surface area contributed by atoms with E-state index in [2.05, 4.69) is 9.72 Å². The molecule has 2 rings (SSSR count). The summed E-state index contributed by atoms with van der Waals surface area (Å²) in [6.07, 6.45) is 5.33. The molecule has 1 aromatic carbocycles. The normalized spacial score (nSPS) is 12.0. The number of benzene rings is 1. The van der Waals surface area contributed by atoms with Gasteiger partial charge in [0.25, 0.3) is 0 Å². The number of carbonyl (C=O) groups excluding carboxylic acids is 1. The van der Waals surface area contributed by atoms with Crippen molar-refractivity contribution in [2.24, 2.45) is 0 Å². The van der Waals surface area contributed by atoms with Crippen LogP contribution in [-0.4, -0.2) is 22.1 Å². The highest BCUT2D eigenvalue weighted by molar-refractivity contribution is 5.94. The molecule has 0 amide bonds. The Morgan fingerprint density at radius 3 is 2.62 bits per heavy atom. The summed E-state index contributed by atoms with van der Waals surface area (Å²) >= 11 is 0. The fraction of sp³-hybridized carbons (Fsp3) is 0.250. The van der Waals surface area contributed by atoms with Crippen LogP contribution in [0.2, 0.25) is 0 Å². The summed E-state index contributed by atoms with van der Waals surface area (Å²) in [7, 11) is 0. The molecular weight excluding hydrogens is 271 g/mol. The molecule has 0 fully saturated rings. The van der Waals surface area contributed by atoms with Gasteiger partial charge in [-0.05, 0) is 30.5 Å². The van der Waals surface area contributed by atoms with Crippen LogP contribution in [0.4, 0.5) is 4.39 Å². The molecule has 4 nitrogen and oxygen atoms in total. The Morgan fingerprint density at radius 1 is 1.33 bits per heavy atom. The first-order valence-corrected chi connectivity index (χ1v) is 6.70. The summed E-state index contributed by atoms with van der Waals surface area (Å²) in [5, 5.41) is 0. The van der Waals surface area contributed by atoms with Crippen molar-refractivity contribution < 1.29 is 13.9 Å². The standard InChI is InChI=1S/C16H17FN2O2/c1-3-21-16(20)15(17)12(2)14-6-4-13(5-7-14)10-19-9-8-18-11-19/h4-9,11H,3,10H2,1-2H3/b15-12-. The second-order valence-corrected chi connectivity index (χ2v) is 4.59. The minimum atomic E-state index is -0.919. The van der Waals surface area contributed by atoms with Gasteiger partial charge in [0.2, 0.25) is 5.83 Å². The van der Waals surface area contributed by atoms with Crippen LogP contribution in [0.5, 0.6) is 0 Å². The lowest BCUT2D eigenvalue weighted by Crippen LogP contribution is -2.06. The molecular formula is C16H17FN2O2. The monoisotopic (exact) mass is 288 g/mol. The first kappa shape index (κ1) is 15.0. The molecule has 0 saturated heterocycles. The number of rotatable bonds is 5. The molecule has 0 unspecified atom stereocenters. The van der Waals surface area contributed by atoms with Gasteiger partial charge >= 0.3 is 5.97 Å². The molecule has 0 atom stereocenters. The number of allylic oxidation sites excluding steroid dienone is 1. The van der Waals surface area contributed by atoms with Gasteiger partial charge in [-0.2, -0.15) is 4.39 Å². The maximum atomic E-state index is 13.9. The van der Waals surface area contributed by atoms with E-state index in [0.717, 1.165) is 5.56 Å². The van der Waals surface area contributed by atoms with Crippen molar-refractivity contribution in [1.29, 1.82) is 0 Å². The summed E-state index contributed by atoms with van der Waals surface area (Å²) < 4.78 is 20.5. The van der Waals surface area contributed by atoms with E-state index in [1.165, 1.54) is 0 Å². The lowest BCUT2D eigenvalue weighted by Gasteiger charge is -2.07. The maximum Gasteiger partial charge on any atom is 0.367 e. The van der Waals surface area contributed by atoms with E-state index in [1.807, 2.05) is 22.9 Å². The number of halogens is 1. The Hall–Kier alpha value is -2.43. The average Bonchev–Trinajstić information content (AvgIpc) is 3.00. The van der Waals surface area contributed by atoms with Crippen LogP contribution < -0.4 is 0 Å². The van der Waals surface area contributed by atoms with Crippen molar-refractivity contribution >= 4 is 11.5 Å². The Labute approximate surface area is 122 Å². The second-order valence-electron chi connectivity index (χ2n) is 4.59. The van der Waals surface area contributed by atoms with Gasteiger partial charge in [0.15, 0.2) is 0 Å². The topological polar surface area (TPSA) is 44.1 Å². The molecule has 0 saturated carbocycles. The number of ether oxygens (including phenoxy) is 1. The first-order valence-electron chi connectivity index (χ1n) is 6.70. The van der Waals surface area contributed by atoms with Crippen LogP contribution in [-0.2, 0) is 16.1 Å². The highest BCUT2D eigenvalue weighted by Crippen LogP contribution is 2.21. The molecule has 5 heteroatoms. The second kappa shape index (κ2) is 6.83. The van der Waals surface area contributed by atoms with Crippen molar-refractivity contribution in [2.45, 2.75) is 20.4 Å². The summed E-state index contributed by atoms with van der Waals surface area (Å²) in [6.45, 7) is 4.06. The Balaban J connectivity index is 2.14. The number of esters is 1. The van der Waals surface area contributed by atoms with Crippen molar-refractivity contribution in [3.05, 3.63) is 59.9 Å². The zero-order valence-corrected chi connectivity index (χ0v) is 12.0. The van der Waals surface area contributed by atoms with Crippen molar-refractivity contribution in [2.75, 3.05) is 6.61 Å². The third-order valence-corrected chi connectivity index (χ3v) is 3.10. The number of hydrogen-bond acceptors (Lipinski definition) is 3. The Kier molecular flexibility index (Phi) is 4.87. The smallest absolute Gasteiger partial charge is 0.367 e. The predicted octanol–water partition coefficient (Wildman–Crippen LogP) is 3.20. The van der Waals surface area contributed by atoms with Crippen molar-refractivity contribution in [1.82, 2.24) is 9.55 Å². The highest BCUT2D eigenvalue weighted by Gasteiger charge is 2.14. The molecule has 0 bridgehead atoms. The summed E-state index contributed by atoms with van der Waals surface area (Å²) in [4.78, 5) is 15.3. The lowest BCUT2D eigenvalue weighted by molar-refractivity contribution is -0.140. The Morgan fingerprint density at radius 2 is 2.05 bits per heavy atom. The summed E-state index contributed by atoms with van der Waals surface area (Å²) in [5.74, 6) is -1.77. The van der Waals surface area contributed by atoms with Gasteiger partial charge in [-0.1, -0.05) is 24.3 Å². The molecule has 2 aromatic rings. The molecule has 1 heterocycles. The largest absolute Gasteiger partial charge is 0.461 e. The van der Waals surface area contributed by atoms with Crippen LogP contribution in [0.1, 0.15) is 25.0 Å². The van der Waals surface area contributed by atoms with Gasteiger partial charge in [0.05, 0.1) is 12.9 Å². The molecule has 0 N–H and O–H groups in total. The van der Waals surface area contributed by atoms with Gasteiger partial charge in [-0.3, -0.25) is 0 Å². The minimum Gasteiger partial charge on any atom is -0.461 e. The van der Waals surface area contributed by atoms with E-state index in [-0.39, 0.29) is 12.2 Å². The number of imidazole rings is 1. The zero-order chi connectivity index (χ0) is 15.2. The fourth-order valence-electron chi connectivity index (χ4n) is 1.93. The third-order valence-electron chi connectivity index (χ3n) is 3.10. The van der Waals surface area contributed by atoms with Gasteiger partial charge in [0.1, 0.15) is 0 Å². The molecule has 0 aliphatic heterocycles. The van der Waals surface area contributed by atoms with Crippen LogP contribution in [0.25, 0.3) is 5.57 Å². The zero-order valence-electron chi connectivity index (χ0n) is 12.0. The Bertz CT molecular complexity index is 631. The van der Waals surface area contributed by atoms with Crippen LogP contribution in [0, 0.1) is 0 Å².